The zero-order valence-corrected chi connectivity index (χ0v) is 15.1. The highest BCUT2D eigenvalue weighted by atomic mass is 19.4. The van der Waals surface area contributed by atoms with Crippen LogP contribution in [0.25, 0.3) is 0 Å². The molecule has 1 fully saturated rings. The summed E-state index contributed by atoms with van der Waals surface area (Å²) < 4.78 is 40.0. The third-order valence-electron chi connectivity index (χ3n) is 5.55. The van der Waals surface area contributed by atoms with Gasteiger partial charge in [-0.1, -0.05) is 13.0 Å². The Hall–Kier alpha value is -1.87. The number of carbonyl (C=O) groups excluding carboxylic acids is 1. The van der Waals surface area contributed by atoms with E-state index in [4.69, 9.17) is 0 Å². The van der Waals surface area contributed by atoms with Crippen molar-refractivity contribution in [2.24, 2.45) is 11.8 Å². The Labute approximate surface area is 155 Å². The second kappa shape index (κ2) is 7.63. The van der Waals surface area contributed by atoms with Crippen LogP contribution in [0, 0.1) is 11.8 Å². The van der Waals surface area contributed by atoms with Crippen molar-refractivity contribution in [2.45, 2.75) is 44.6 Å². The predicted molar refractivity (Wildman–Crippen MR) is 92.0 cm³/mol. The van der Waals surface area contributed by atoms with Gasteiger partial charge in [-0.3, -0.25) is 14.5 Å². The van der Waals surface area contributed by atoms with Crippen LogP contribution in [0.2, 0.25) is 0 Å². The summed E-state index contributed by atoms with van der Waals surface area (Å²) in [6, 6.07) is 3.49. The van der Waals surface area contributed by atoms with Gasteiger partial charge in [0, 0.05) is 50.0 Å². The Morgan fingerprint density at radius 1 is 1.37 bits per heavy atom. The average molecular weight is 387 g/mol. The lowest BCUT2D eigenvalue weighted by Crippen LogP contribution is -2.47. The fourth-order valence-electron chi connectivity index (χ4n) is 4.40. The Morgan fingerprint density at radius 3 is 2.74 bits per heavy atom. The van der Waals surface area contributed by atoms with Crippen LogP contribution in [0.5, 0.6) is 0 Å². The fraction of sp³-hybridized carbons (Fsp3) is 0.667. The van der Waals surface area contributed by atoms with Gasteiger partial charge < -0.3 is 15.0 Å². The van der Waals surface area contributed by atoms with E-state index in [2.05, 4.69) is 5.32 Å². The van der Waals surface area contributed by atoms with Gasteiger partial charge in [0.05, 0.1) is 18.4 Å². The lowest BCUT2D eigenvalue weighted by atomic mass is 9.86. The first-order chi connectivity index (χ1) is 12.8. The molecule has 0 aromatic carbocycles. The summed E-state index contributed by atoms with van der Waals surface area (Å²) in [5.74, 6) is -1.51. The third kappa shape index (κ3) is 3.75. The third-order valence-corrected chi connectivity index (χ3v) is 5.55. The maximum atomic E-state index is 12.8. The predicted octanol–water partition coefficient (Wildman–Crippen LogP) is 1.29. The van der Waals surface area contributed by atoms with Crippen LogP contribution in [0.4, 0.5) is 13.2 Å². The van der Waals surface area contributed by atoms with Gasteiger partial charge in [0.15, 0.2) is 0 Å². The molecule has 1 aromatic heterocycles. The SMILES string of the molecule is CCCNC(=O)[C@@H]1[C@@H](CO)[C@@H]2Cn3c(cccc3=O)[C@H]1N2CCC(F)(F)F. The molecule has 3 heterocycles. The minimum Gasteiger partial charge on any atom is -0.396 e. The van der Waals surface area contributed by atoms with E-state index in [1.54, 1.807) is 17.0 Å². The number of aliphatic hydroxyl groups is 1. The van der Waals surface area contributed by atoms with Crippen LogP contribution < -0.4 is 10.9 Å². The lowest BCUT2D eigenvalue weighted by Gasteiger charge is -2.38. The van der Waals surface area contributed by atoms with E-state index >= 15 is 0 Å². The highest BCUT2D eigenvalue weighted by Gasteiger charge is 2.55. The first kappa shape index (κ1) is 19.9. The average Bonchev–Trinajstić information content (AvgIpc) is 2.83. The van der Waals surface area contributed by atoms with Crippen molar-refractivity contribution in [1.82, 2.24) is 14.8 Å². The Morgan fingerprint density at radius 2 is 2.11 bits per heavy atom. The van der Waals surface area contributed by atoms with Crippen LogP contribution in [-0.2, 0) is 11.3 Å². The highest BCUT2D eigenvalue weighted by molar-refractivity contribution is 5.80. The van der Waals surface area contributed by atoms with Crippen molar-refractivity contribution in [1.29, 1.82) is 0 Å². The van der Waals surface area contributed by atoms with Crippen molar-refractivity contribution in [2.75, 3.05) is 19.7 Å². The summed E-state index contributed by atoms with van der Waals surface area (Å²) in [6.45, 7) is 1.94. The number of carbonyl (C=O) groups is 1. The second-order valence-corrected chi connectivity index (χ2v) is 7.18. The number of hydrogen-bond donors (Lipinski definition) is 2. The first-order valence-electron chi connectivity index (χ1n) is 9.19. The molecule has 1 amide bonds. The molecule has 0 saturated carbocycles. The number of rotatable bonds is 6. The molecule has 2 bridgehead atoms. The summed E-state index contributed by atoms with van der Waals surface area (Å²) >= 11 is 0. The van der Waals surface area contributed by atoms with Gasteiger partial charge in [-0.2, -0.15) is 13.2 Å². The number of alkyl halides is 3. The summed E-state index contributed by atoms with van der Waals surface area (Å²) in [5.41, 5.74) is 0.290. The molecule has 1 aromatic rings. The number of halogens is 3. The molecule has 27 heavy (non-hydrogen) atoms. The molecular weight excluding hydrogens is 363 g/mol. The molecule has 150 valence electrons. The van der Waals surface area contributed by atoms with Gasteiger partial charge in [-0.05, 0) is 12.5 Å². The normalized spacial score (nSPS) is 27.4. The number of pyridine rings is 1. The molecule has 2 aliphatic rings. The molecule has 2 N–H and O–H groups in total. The van der Waals surface area contributed by atoms with Gasteiger partial charge in [-0.15, -0.1) is 0 Å². The molecular formula is C18H24F3N3O3. The number of nitrogens with zero attached hydrogens (tertiary/aromatic N) is 2. The molecule has 0 unspecified atom stereocenters. The van der Waals surface area contributed by atoms with Crippen molar-refractivity contribution < 1.29 is 23.1 Å². The largest absolute Gasteiger partial charge is 0.396 e. The molecule has 9 heteroatoms. The van der Waals surface area contributed by atoms with E-state index in [1.807, 2.05) is 6.92 Å². The minimum atomic E-state index is -4.32. The van der Waals surface area contributed by atoms with Crippen LogP contribution in [-0.4, -0.2) is 52.4 Å². The highest BCUT2D eigenvalue weighted by Crippen LogP contribution is 2.48. The maximum absolute atomic E-state index is 12.8. The second-order valence-electron chi connectivity index (χ2n) is 7.18. The monoisotopic (exact) mass is 387 g/mol. The summed E-state index contributed by atoms with van der Waals surface area (Å²) in [6.07, 6.45) is -4.59. The summed E-state index contributed by atoms with van der Waals surface area (Å²) in [7, 11) is 0. The summed E-state index contributed by atoms with van der Waals surface area (Å²) in [5, 5.41) is 12.7. The van der Waals surface area contributed by atoms with Gasteiger partial charge in [0.1, 0.15) is 0 Å². The lowest BCUT2D eigenvalue weighted by molar-refractivity contribution is -0.140. The van der Waals surface area contributed by atoms with Crippen LogP contribution >= 0.6 is 0 Å². The smallest absolute Gasteiger partial charge is 0.390 e. The molecule has 0 radical (unpaired) electrons. The van der Waals surface area contributed by atoms with Gasteiger partial charge in [-0.25, -0.2) is 0 Å². The Kier molecular flexibility index (Phi) is 5.62. The van der Waals surface area contributed by atoms with Gasteiger partial charge >= 0.3 is 6.18 Å². The number of fused-ring (bicyclic) bond motifs is 4. The minimum absolute atomic E-state index is 0.173. The van der Waals surface area contributed by atoms with Crippen molar-refractivity contribution in [3.8, 4) is 0 Å². The molecule has 0 spiro atoms. The van der Waals surface area contributed by atoms with Gasteiger partial charge in [0.2, 0.25) is 5.91 Å². The standard InChI is InChI=1S/C18H24F3N3O3/c1-2-7-22-17(27)15-11(10-25)13-9-24-12(4-3-5-14(24)26)16(15)23(13)8-6-18(19,20)21/h3-5,11,13,15-16,25H,2,6-10H2,1H3,(H,22,27)/t11-,13-,15+,16+/m0/s1. The van der Waals surface area contributed by atoms with E-state index in [0.717, 1.165) is 6.42 Å². The summed E-state index contributed by atoms with van der Waals surface area (Å²) in [4.78, 5) is 26.7. The molecule has 1 saturated heterocycles. The molecule has 6 nitrogen and oxygen atoms in total. The van der Waals surface area contributed by atoms with Crippen molar-refractivity contribution >= 4 is 5.91 Å². The Bertz CT molecular complexity index is 749. The van der Waals surface area contributed by atoms with Gasteiger partial charge in [0.25, 0.3) is 5.56 Å². The number of amides is 1. The van der Waals surface area contributed by atoms with E-state index in [9.17, 15) is 27.9 Å². The van der Waals surface area contributed by atoms with Crippen LogP contribution in [0.15, 0.2) is 23.0 Å². The maximum Gasteiger partial charge on any atom is 0.390 e. The van der Waals surface area contributed by atoms with Crippen LogP contribution in [0.1, 0.15) is 31.5 Å². The molecule has 0 aliphatic carbocycles. The quantitative estimate of drug-likeness (QED) is 0.772. The molecule has 4 atom stereocenters. The number of aliphatic hydroxyl groups excluding tert-OH is 1. The van der Waals surface area contributed by atoms with E-state index in [1.165, 1.54) is 10.6 Å². The topological polar surface area (TPSA) is 74.6 Å². The van der Waals surface area contributed by atoms with E-state index in [-0.39, 0.29) is 31.2 Å². The van der Waals surface area contributed by atoms with Crippen molar-refractivity contribution in [3.63, 3.8) is 0 Å². The fourth-order valence-corrected chi connectivity index (χ4v) is 4.40. The Balaban J connectivity index is 2.01. The molecule has 3 rings (SSSR count). The zero-order chi connectivity index (χ0) is 19.8. The van der Waals surface area contributed by atoms with E-state index < -0.39 is 36.5 Å². The molecule has 2 aliphatic heterocycles. The van der Waals surface area contributed by atoms with Crippen LogP contribution in [0.3, 0.4) is 0 Å². The number of aromatic nitrogens is 1. The number of hydrogen-bond acceptors (Lipinski definition) is 4. The van der Waals surface area contributed by atoms with Crippen molar-refractivity contribution in [3.05, 3.63) is 34.2 Å². The first-order valence-corrected chi connectivity index (χ1v) is 9.19. The van der Waals surface area contributed by atoms with E-state index in [0.29, 0.717) is 12.2 Å². The zero-order valence-electron chi connectivity index (χ0n) is 15.1. The number of nitrogens with one attached hydrogen (secondary N) is 1.